The standard InChI is InChI=1S/C16H24N2O2/c1-13(19)8-9-16(20)18-11-10-17(2)12-15(18)14-6-4-3-5-7-14/h3-7,13,15,19H,8-12H2,1-2H3. The molecule has 1 heterocycles. The smallest absolute Gasteiger partial charge is 0.223 e. The van der Waals surface area contributed by atoms with Crippen molar-refractivity contribution in [2.45, 2.75) is 31.9 Å². The number of carbonyl (C=O) groups excluding carboxylic acids is 1. The van der Waals surface area contributed by atoms with E-state index in [0.717, 1.165) is 19.6 Å². The lowest BCUT2D eigenvalue weighted by atomic mass is 10.0. The molecular weight excluding hydrogens is 252 g/mol. The molecule has 1 aromatic carbocycles. The second-order valence-corrected chi connectivity index (χ2v) is 5.66. The first-order chi connectivity index (χ1) is 9.58. The van der Waals surface area contributed by atoms with E-state index in [0.29, 0.717) is 12.8 Å². The quantitative estimate of drug-likeness (QED) is 0.909. The maximum absolute atomic E-state index is 12.4. The van der Waals surface area contributed by atoms with Gasteiger partial charge in [-0.05, 0) is 26.0 Å². The first-order valence-corrected chi connectivity index (χ1v) is 7.29. The normalized spacial score (nSPS) is 21.8. The predicted molar refractivity (Wildman–Crippen MR) is 79.3 cm³/mol. The summed E-state index contributed by atoms with van der Waals surface area (Å²) in [5.41, 5.74) is 1.18. The van der Waals surface area contributed by atoms with E-state index < -0.39 is 6.10 Å². The van der Waals surface area contributed by atoms with Crippen molar-refractivity contribution in [3.63, 3.8) is 0 Å². The van der Waals surface area contributed by atoms with Gasteiger partial charge < -0.3 is 14.9 Å². The van der Waals surface area contributed by atoms with Crippen LogP contribution < -0.4 is 0 Å². The van der Waals surface area contributed by atoms with Gasteiger partial charge in [0.15, 0.2) is 0 Å². The van der Waals surface area contributed by atoms with Gasteiger partial charge in [0.1, 0.15) is 0 Å². The van der Waals surface area contributed by atoms with Crippen LogP contribution >= 0.6 is 0 Å². The highest BCUT2D eigenvalue weighted by atomic mass is 16.3. The number of hydrogen-bond donors (Lipinski definition) is 1. The van der Waals surface area contributed by atoms with Crippen LogP contribution in [0.4, 0.5) is 0 Å². The van der Waals surface area contributed by atoms with E-state index >= 15 is 0 Å². The fourth-order valence-corrected chi connectivity index (χ4v) is 2.65. The monoisotopic (exact) mass is 276 g/mol. The van der Waals surface area contributed by atoms with Crippen LogP contribution in [0.25, 0.3) is 0 Å². The Morgan fingerprint density at radius 3 is 2.70 bits per heavy atom. The summed E-state index contributed by atoms with van der Waals surface area (Å²) >= 11 is 0. The summed E-state index contributed by atoms with van der Waals surface area (Å²) in [5, 5.41) is 9.35. The van der Waals surface area contributed by atoms with Crippen molar-refractivity contribution in [2.24, 2.45) is 0 Å². The minimum atomic E-state index is -0.415. The fourth-order valence-electron chi connectivity index (χ4n) is 2.65. The maximum atomic E-state index is 12.4. The molecule has 2 atom stereocenters. The molecule has 0 radical (unpaired) electrons. The number of likely N-dealkylation sites (N-methyl/N-ethyl adjacent to an activating group) is 1. The number of piperazine rings is 1. The van der Waals surface area contributed by atoms with E-state index in [1.165, 1.54) is 5.56 Å². The molecule has 2 unspecified atom stereocenters. The second kappa shape index (κ2) is 6.86. The maximum Gasteiger partial charge on any atom is 0.223 e. The lowest BCUT2D eigenvalue weighted by Crippen LogP contribution is -2.49. The van der Waals surface area contributed by atoms with Gasteiger partial charge in [-0.2, -0.15) is 0 Å². The van der Waals surface area contributed by atoms with Crippen LogP contribution in [0.1, 0.15) is 31.4 Å². The minimum absolute atomic E-state index is 0.122. The first kappa shape index (κ1) is 15.0. The van der Waals surface area contributed by atoms with Gasteiger partial charge in [-0.1, -0.05) is 30.3 Å². The summed E-state index contributed by atoms with van der Waals surface area (Å²) in [6, 6.07) is 10.3. The van der Waals surface area contributed by atoms with Crippen LogP contribution in [-0.2, 0) is 4.79 Å². The van der Waals surface area contributed by atoms with Crippen molar-refractivity contribution in [3.8, 4) is 0 Å². The third-order valence-corrected chi connectivity index (χ3v) is 3.86. The van der Waals surface area contributed by atoms with Crippen molar-refractivity contribution in [1.29, 1.82) is 0 Å². The molecule has 1 amide bonds. The highest BCUT2D eigenvalue weighted by Crippen LogP contribution is 2.25. The molecule has 1 aromatic rings. The molecule has 1 aliphatic rings. The predicted octanol–water partition coefficient (Wildman–Crippen LogP) is 1.66. The molecule has 110 valence electrons. The van der Waals surface area contributed by atoms with Crippen molar-refractivity contribution >= 4 is 5.91 Å². The number of benzene rings is 1. The zero-order chi connectivity index (χ0) is 14.5. The van der Waals surface area contributed by atoms with Crippen LogP contribution in [0.5, 0.6) is 0 Å². The Labute approximate surface area is 121 Å². The number of rotatable bonds is 4. The lowest BCUT2D eigenvalue weighted by molar-refractivity contribution is -0.136. The van der Waals surface area contributed by atoms with Crippen LogP contribution in [0.3, 0.4) is 0 Å². The minimum Gasteiger partial charge on any atom is -0.393 e. The number of aliphatic hydroxyl groups is 1. The number of amides is 1. The Morgan fingerprint density at radius 2 is 2.05 bits per heavy atom. The molecule has 0 saturated carbocycles. The van der Waals surface area contributed by atoms with Crippen molar-refractivity contribution in [1.82, 2.24) is 9.80 Å². The highest BCUT2D eigenvalue weighted by Gasteiger charge is 2.29. The Hall–Kier alpha value is -1.39. The Morgan fingerprint density at radius 1 is 1.35 bits per heavy atom. The molecule has 2 rings (SSSR count). The van der Waals surface area contributed by atoms with Gasteiger partial charge >= 0.3 is 0 Å². The third-order valence-electron chi connectivity index (χ3n) is 3.86. The van der Waals surface area contributed by atoms with Gasteiger partial charge in [0, 0.05) is 26.1 Å². The Kier molecular flexibility index (Phi) is 5.15. The zero-order valence-electron chi connectivity index (χ0n) is 12.3. The topological polar surface area (TPSA) is 43.8 Å². The van der Waals surface area contributed by atoms with Crippen LogP contribution in [0.15, 0.2) is 30.3 Å². The lowest BCUT2D eigenvalue weighted by Gasteiger charge is -2.40. The van der Waals surface area contributed by atoms with Crippen LogP contribution in [0.2, 0.25) is 0 Å². The second-order valence-electron chi connectivity index (χ2n) is 5.66. The third kappa shape index (κ3) is 3.81. The van der Waals surface area contributed by atoms with E-state index in [1.807, 2.05) is 23.1 Å². The SMILES string of the molecule is CC(O)CCC(=O)N1CCN(C)CC1c1ccccc1. The van der Waals surface area contributed by atoms with Gasteiger partial charge in [-0.15, -0.1) is 0 Å². The molecule has 1 saturated heterocycles. The van der Waals surface area contributed by atoms with E-state index in [2.05, 4.69) is 24.1 Å². The van der Waals surface area contributed by atoms with Crippen molar-refractivity contribution < 1.29 is 9.90 Å². The molecule has 1 aliphatic heterocycles. The number of hydrogen-bond acceptors (Lipinski definition) is 3. The average Bonchev–Trinajstić information content (AvgIpc) is 2.45. The van der Waals surface area contributed by atoms with E-state index in [4.69, 9.17) is 0 Å². The molecule has 1 N–H and O–H groups in total. The van der Waals surface area contributed by atoms with Gasteiger partial charge in [-0.3, -0.25) is 4.79 Å². The largest absolute Gasteiger partial charge is 0.393 e. The summed E-state index contributed by atoms with van der Waals surface area (Å²) in [6.45, 7) is 4.26. The zero-order valence-corrected chi connectivity index (χ0v) is 12.3. The number of aliphatic hydroxyl groups excluding tert-OH is 1. The van der Waals surface area contributed by atoms with E-state index in [-0.39, 0.29) is 11.9 Å². The fraction of sp³-hybridized carbons (Fsp3) is 0.562. The number of nitrogens with zero attached hydrogens (tertiary/aromatic N) is 2. The average molecular weight is 276 g/mol. The van der Waals surface area contributed by atoms with Crippen molar-refractivity contribution in [3.05, 3.63) is 35.9 Å². The van der Waals surface area contributed by atoms with E-state index in [9.17, 15) is 9.90 Å². The van der Waals surface area contributed by atoms with Crippen LogP contribution in [0, 0.1) is 0 Å². The summed E-state index contributed by atoms with van der Waals surface area (Å²) in [4.78, 5) is 16.6. The van der Waals surface area contributed by atoms with Crippen molar-refractivity contribution in [2.75, 3.05) is 26.7 Å². The molecule has 4 nitrogen and oxygen atoms in total. The summed E-state index contributed by atoms with van der Waals surface area (Å²) in [7, 11) is 2.09. The van der Waals surface area contributed by atoms with Crippen LogP contribution in [-0.4, -0.2) is 53.6 Å². The summed E-state index contributed by atoms with van der Waals surface area (Å²) < 4.78 is 0. The molecular formula is C16H24N2O2. The molecule has 4 heteroatoms. The van der Waals surface area contributed by atoms with Gasteiger partial charge in [0.25, 0.3) is 0 Å². The molecule has 0 spiro atoms. The summed E-state index contributed by atoms with van der Waals surface area (Å²) in [5.74, 6) is 0.146. The van der Waals surface area contributed by atoms with Gasteiger partial charge in [0.05, 0.1) is 12.1 Å². The van der Waals surface area contributed by atoms with E-state index in [1.54, 1.807) is 6.92 Å². The molecule has 0 bridgehead atoms. The molecule has 1 fully saturated rings. The highest BCUT2D eigenvalue weighted by molar-refractivity contribution is 5.77. The Bertz CT molecular complexity index is 433. The van der Waals surface area contributed by atoms with Gasteiger partial charge in [0.2, 0.25) is 5.91 Å². The molecule has 0 aromatic heterocycles. The number of carbonyl (C=O) groups is 1. The van der Waals surface area contributed by atoms with Gasteiger partial charge in [-0.25, -0.2) is 0 Å². The molecule has 0 aliphatic carbocycles. The molecule has 20 heavy (non-hydrogen) atoms. The Balaban J connectivity index is 2.10. The first-order valence-electron chi connectivity index (χ1n) is 7.29. The summed E-state index contributed by atoms with van der Waals surface area (Å²) in [6.07, 6.45) is 0.541.